The first kappa shape index (κ1) is 16.4. The van der Waals surface area contributed by atoms with Gasteiger partial charge in [-0.25, -0.2) is 4.98 Å². The molecule has 26 heavy (non-hydrogen) atoms. The van der Waals surface area contributed by atoms with Crippen molar-refractivity contribution in [3.8, 4) is 23.0 Å². The van der Waals surface area contributed by atoms with E-state index in [1.54, 1.807) is 6.20 Å². The Labute approximate surface area is 155 Å². The summed E-state index contributed by atoms with van der Waals surface area (Å²) < 4.78 is 5.48. The van der Waals surface area contributed by atoms with E-state index in [0.717, 1.165) is 27.7 Å². The first-order valence-electron chi connectivity index (χ1n) is 8.08. The summed E-state index contributed by atoms with van der Waals surface area (Å²) in [6.45, 7) is -0.112. The van der Waals surface area contributed by atoms with Crippen LogP contribution in [0.1, 0.15) is 17.0 Å². The average molecular weight is 360 g/mol. The topological polar surface area (TPSA) is 46.3 Å². The van der Waals surface area contributed by atoms with Crippen LogP contribution in [0.15, 0.2) is 71.3 Å². The molecule has 1 N–H and O–H groups in total. The van der Waals surface area contributed by atoms with Crippen LogP contribution in [0.25, 0.3) is 22.1 Å². The van der Waals surface area contributed by atoms with Crippen LogP contribution in [0, 0.1) is 11.8 Å². The Balaban J connectivity index is 1.57. The van der Waals surface area contributed by atoms with E-state index < -0.39 is 0 Å². The lowest BCUT2D eigenvalue weighted by atomic mass is 10.1. The monoisotopic (exact) mass is 359 g/mol. The van der Waals surface area contributed by atoms with E-state index in [1.165, 1.54) is 0 Å². The van der Waals surface area contributed by atoms with Crippen LogP contribution < -0.4 is 0 Å². The summed E-state index contributed by atoms with van der Waals surface area (Å²) in [6, 6.07) is 19.0. The Bertz CT molecular complexity index is 1120. The summed E-state index contributed by atoms with van der Waals surface area (Å²) in [5.74, 6) is 6.73. The number of benzene rings is 2. The highest BCUT2D eigenvalue weighted by Gasteiger charge is 2.03. The summed E-state index contributed by atoms with van der Waals surface area (Å²) in [6.07, 6.45) is 1.81. The van der Waals surface area contributed by atoms with Gasteiger partial charge in [-0.05, 0) is 53.9 Å². The normalized spacial score (nSPS) is 10.5. The van der Waals surface area contributed by atoms with Crippen LogP contribution in [0.4, 0.5) is 0 Å². The van der Waals surface area contributed by atoms with Gasteiger partial charge in [-0.1, -0.05) is 35.7 Å². The predicted molar refractivity (Wildman–Crippen MR) is 103 cm³/mol. The van der Waals surface area contributed by atoms with Crippen LogP contribution in [0.2, 0.25) is 5.02 Å². The lowest BCUT2D eigenvalue weighted by Gasteiger charge is -2.01. The van der Waals surface area contributed by atoms with Crippen molar-refractivity contribution in [3.05, 3.63) is 88.9 Å². The van der Waals surface area contributed by atoms with Crippen molar-refractivity contribution in [3.63, 3.8) is 0 Å². The molecule has 0 atom stereocenters. The number of furan rings is 1. The highest BCUT2D eigenvalue weighted by Crippen LogP contribution is 2.22. The smallest absolute Gasteiger partial charge is 0.134 e. The maximum Gasteiger partial charge on any atom is 0.134 e. The minimum absolute atomic E-state index is 0.112. The number of pyridine rings is 1. The third kappa shape index (κ3) is 3.48. The van der Waals surface area contributed by atoms with Crippen LogP contribution in [0.3, 0.4) is 0 Å². The van der Waals surface area contributed by atoms with Gasteiger partial charge in [0, 0.05) is 27.7 Å². The van der Waals surface area contributed by atoms with Crippen LogP contribution >= 0.6 is 11.6 Å². The van der Waals surface area contributed by atoms with Gasteiger partial charge in [-0.2, -0.15) is 0 Å². The molecule has 4 rings (SSSR count). The summed E-state index contributed by atoms with van der Waals surface area (Å²) in [5, 5.41) is 10.8. The molecule has 126 valence electrons. The SMILES string of the molecule is OCc1cc2cc(C#Cc3ccc(-c4ccc(Cl)cc4)cn3)ccc2o1. The van der Waals surface area contributed by atoms with Crippen LogP contribution in [0.5, 0.6) is 0 Å². The number of rotatable bonds is 2. The second-order valence-electron chi connectivity index (χ2n) is 5.81. The molecule has 0 spiro atoms. The number of aromatic nitrogens is 1. The molecule has 0 fully saturated rings. The Morgan fingerprint density at radius 2 is 1.73 bits per heavy atom. The number of hydrogen-bond donors (Lipinski definition) is 1. The Hall–Kier alpha value is -3.06. The van der Waals surface area contributed by atoms with Gasteiger partial charge in [-0.15, -0.1) is 0 Å². The van der Waals surface area contributed by atoms with Gasteiger partial charge in [0.2, 0.25) is 0 Å². The molecule has 0 aliphatic rings. The van der Waals surface area contributed by atoms with E-state index in [9.17, 15) is 0 Å². The predicted octanol–water partition coefficient (Wildman–Crippen LogP) is 5.04. The molecule has 0 saturated heterocycles. The zero-order valence-corrected chi connectivity index (χ0v) is 14.5. The van der Waals surface area contributed by atoms with Gasteiger partial charge in [0.1, 0.15) is 23.6 Å². The molecule has 0 aliphatic carbocycles. The minimum atomic E-state index is -0.112. The number of hydrogen-bond acceptors (Lipinski definition) is 3. The fraction of sp³-hybridized carbons (Fsp3) is 0.0455. The van der Waals surface area contributed by atoms with Gasteiger partial charge < -0.3 is 9.52 Å². The lowest BCUT2D eigenvalue weighted by molar-refractivity contribution is 0.251. The molecule has 0 radical (unpaired) electrons. The van der Waals surface area contributed by atoms with Crippen LogP contribution in [-0.2, 0) is 6.61 Å². The van der Waals surface area contributed by atoms with Crippen molar-refractivity contribution in [1.29, 1.82) is 0 Å². The maximum atomic E-state index is 9.14. The molecule has 4 heteroatoms. The molecule has 0 saturated carbocycles. The highest BCUT2D eigenvalue weighted by molar-refractivity contribution is 6.30. The molecule has 2 aromatic carbocycles. The van der Waals surface area contributed by atoms with Crippen molar-refractivity contribution in [2.75, 3.05) is 0 Å². The molecule has 0 amide bonds. The highest BCUT2D eigenvalue weighted by atomic mass is 35.5. The Morgan fingerprint density at radius 3 is 2.46 bits per heavy atom. The van der Waals surface area contributed by atoms with E-state index in [-0.39, 0.29) is 6.61 Å². The lowest BCUT2D eigenvalue weighted by Crippen LogP contribution is -1.84. The quantitative estimate of drug-likeness (QED) is 0.510. The molecule has 3 nitrogen and oxygen atoms in total. The molecule has 2 aromatic heterocycles. The zero-order chi connectivity index (χ0) is 17.9. The van der Waals surface area contributed by atoms with Gasteiger partial charge in [0.05, 0.1) is 0 Å². The molecule has 4 aromatic rings. The van der Waals surface area contributed by atoms with Crippen molar-refractivity contribution >= 4 is 22.6 Å². The summed E-state index contributed by atoms with van der Waals surface area (Å²) in [7, 11) is 0. The fourth-order valence-corrected chi connectivity index (χ4v) is 2.80. The first-order valence-corrected chi connectivity index (χ1v) is 8.46. The summed E-state index contributed by atoms with van der Waals surface area (Å²) in [4.78, 5) is 4.41. The molecule has 0 unspecified atom stereocenters. The van der Waals surface area contributed by atoms with E-state index in [2.05, 4.69) is 16.8 Å². The van der Waals surface area contributed by atoms with Crippen LogP contribution in [-0.4, -0.2) is 10.1 Å². The molecular formula is C22H14ClNO2. The third-order valence-corrected chi connectivity index (χ3v) is 4.25. The largest absolute Gasteiger partial charge is 0.459 e. The Morgan fingerprint density at radius 1 is 0.923 bits per heavy atom. The van der Waals surface area contributed by atoms with E-state index in [1.807, 2.05) is 60.7 Å². The first-order chi connectivity index (χ1) is 12.7. The third-order valence-electron chi connectivity index (χ3n) is 4.00. The van der Waals surface area contributed by atoms with Crippen molar-refractivity contribution in [2.45, 2.75) is 6.61 Å². The van der Waals surface area contributed by atoms with E-state index >= 15 is 0 Å². The van der Waals surface area contributed by atoms with Crippen molar-refractivity contribution in [1.82, 2.24) is 4.98 Å². The molecular weight excluding hydrogens is 346 g/mol. The van der Waals surface area contributed by atoms with Gasteiger partial charge in [-0.3, -0.25) is 0 Å². The standard InChI is InChI=1S/C22H14ClNO2/c23-19-6-3-16(4-7-19)17-5-9-20(24-13-17)8-1-15-2-10-22-18(11-15)12-21(14-25)26-22/h2-7,9-13,25H,14H2. The van der Waals surface area contributed by atoms with Gasteiger partial charge in [0.25, 0.3) is 0 Å². The van der Waals surface area contributed by atoms with Gasteiger partial charge >= 0.3 is 0 Å². The number of fused-ring (bicyclic) bond motifs is 1. The second kappa shape index (κ2) is 7.05. The number of nitrogens with zero attached hydrogens (tertiary/aromatic N) is 1. The average Bonchev–Trinajstić information content (AvgIpc) is 3.10. The fourth-order valence-electron chi connectivity index (χ4n) is 2.67. The minimum Gasteiger partial charge on any atom is -0.459 e. The van der Waals surface area contributed by atoms with E-state index in [4.69, 9.17) is 21.1 Å². The molecule has 2 heterocycles. The molecule has 0 aliphatic heterocycles. The van der Waals surface area contributed by atoms with E-state index in [0.29, 0.717) is 16.5 Å². The van der Waals surface area contributed by atoms with Gasteiger partial charge in [0.15, 0.2) is 0 Å². The maximum absolute atomic E-state index is 9.14. The van der Waals surface area contributed by atoms with Crippen molar-refractivity contribution < 1.29 is 9.52 Å². The second-order valence-corrected chi connectivity index (χ2v) is 6.25. The number of aliphatic hydroxyl groups is 1. The zero-order valence-electron chi connectivity index (χ0n) is 13.7. The number of aliphatic hydroxyl groups excluding tert-OH is 1. The summed E-state index contributed by atoms with van der Waals surface area (Å²) in [5.41, 5.74) is 4.39. The summed E-state index contributed by atoms with van der Waals surface area (Å²) >= 11 is 5.92. The number of halogens is 1. The van der Waals surface area contributed by atoms with Crippen molar-refractivity contribution in [2.24, 2.45) is 0 Å². The molecule has 0 bridgehead atoms. The Kier molecular flexibility index (Phi) is 4.45.